The Hall–Kier alpha value is -1.69. The van der Waals surface area contributed by atoms with Gasteiger partial charge >= 0.3 is 0 Å². The van der Waals surface area contributed by atoms with Crippen molar-refractivity contribution < 1.29 is 4.79 Å². The molecule has 0 spiro atoms. The van der Waals surface area contributed by atoms with Crippen LogP contribution >= 0.6 is 11.3 Å². The summed E-state index contributed by atoms with van der Waals surface area (Å²) in [5, 5.41) is 11.9. The minimum atomic E-state index is 0.0354. The molecule has 3 N–H and O–H groups in total. The molecule has 2 aromatic rings. The number of nitrogens with one attached hydrogen (secondary N) is 3. The summed E-state index contributed by atoms with van der Waals surface area (Å²) >= 11 is 1.70. The third kappa shape index (κ3) is 7.38. The van der Waals surface area contributed by atoms with E-state index in [1.54, 1.807) is 11.3 Å². The van der Waals surface area contributed by atoms with Gasteiger partial charge in [-0.3, -0.25) is 10.1 Å². The Morgan fingerprint density at radius 3 is 2.48 bits per heavy atom. The smallest absolute Gasteiger partial charge is 0.233 e. The number of hydrogen-bond acceptors (Lipinski definition) is 4. The van der Waals surface area contributed by atoms with Crippen LogP contribution in [0.2, 0.25) is 0 Å². The number of amides is 1. The lowest BCUT2D eigenvalue weighted by molar-refractivity contribution is -0.120. The fourth-order valence-corrected chi connectivity index (χ4v) is 3.35. The summed E-state index contributed by atoms with van der Waals surface area (Å²) in [6.07, 6.45) is 0.927. The van der Waals surface area contributed by atoms with Crippen molar-refractivity contribution >= 4 is 17.2 Å². The molecule has 0 radical (unpaired) electrons. The third-order valence-electron chi connectivity index (χ3n) is 3.76. The number of rotatable bonds is 9. The lowest BCUT2D eigenvalue weighted by atomic mass is 10.1. The molecule has 0 saturated heterocycles. The Kier molecular flexibility index (Phi) is 7.62. The van der Waals surface area contributed by atoms with Gasteiger partial charge in [0.1, 0.15) is 0 Å². The van der Waals surface area contributed by atoms with Gasteiger partial charge in [-0.05, 0) is 50.7 Å². The number of carbonyl (C=O) groups is 1. The van der Waals surface area contributed by atoms with Crippen LogP contribution in [0.25, 0.3) is 0 Å². The van der Waals surface area contributed by atoms with Gasteiger partial charge in [0.05, 0.1) is 12.6 Å². The van der Waals surface area contributed by atoms with Crippen LogP contribution in [-0.2, 0) is 4.79 Å². The van der Waals surface area contributed by atoms with Crippen LogP contribution in [0.1, 0.15) is 43.7 Å². The second-order valence-corrected chi connectivity index (χ2v) is 8.10. The van der Waals surface area contributed by atoms with E-state index in [1.807, 2.05) is 24.3 Å². The number of carbonyl (C=O) groups excluding carboxylic acids is 1. The zero-order valence-electron chi connectivity index (χ0n) is 15.3. The minimum absolute atomic E-state index is 0.0354. The summed E-state index contributed by atoms with van der Waals surface area (Å²) < 4.78 is 0. The topological polar surface area (TPSA) is 53.2 Å². The summed E-state index contributed by atoms with van der Waals surface area (Å²) in [6.45, 7) is 8.33. The van der Waals surface area contributed by atoms with Crippen molar-refractivity contribution in [1.29, 1.82) is 0 Å². The van der Waals surface area contributed by atoms with E-state index in [1.165, 1.54) is 10.4 Å². The monoisotopic (exact) mass is 359 g/mol. The molecule has 1 atom stereocenters. The standard InChI is InChI=1S/C20H29N3OS/c1-20(2,3)23-13-8-12-21-18(24)15-22-19(17-11-7-14-25-17)16-9-5-4-6-10-16/h4-7,9-11,14,19,22-23H,8,12-13,15H2,1-3H3,(H,21,24)/t19-/m1/s1. The quantitative estimate of drug-likeness (QED) is 0.602. The molecule has 0 unspecified atom stereocenters. The highest BCUT2D eigenvalue weighted by Crippen LogP contribution is 2.25. The highest BCUT2D eigenvalue weighted by Gasteiger charge is 2.15. The summed E-state index contributed by atoms with van der Waals surface area (Å²) in [7, 11) is 0. The Morgan fingerprint density at radius 1 is 1.08 bits per heavy atom. The zero-order chi connectivity index (χ0) is 18.1. The van der Waals surface area contributed by atoms with Gasteiger partial charge in [0.25, 0.3) is 0 Å². The van der Waals surface area contributed by atoms with Gasteiger partial charge in [-0.2, -0.15) is 0 Å². The molecule has 0 fully saturated rings. The molecular formula is C20H29N3OS. The molecule has 1 amide bonds. The molecule has 4 nitrogen and oxygen atoms in total. The Morgan fingerprint density at radius 2 is 1.84 bits per heavy atom. The van der Waals surface area contributed by atoms with Gasteiger partial charge in [-0.15, -0.1) is 11.3 Å². The van der Waals surface area contributed by atoms with Gasteiger partial charge in [0, 0.05) is 17.0 Å². The van der Waals surface area contributed by atoms with Crippen LogP contribution in [0.15, 0.2) is 47.8 Å². The number of benzene rings is 1. The SMILES string of the molecule is CC(C)(C)NCCCNC(=O)CN[C@H](c1ccccc1)c1cccs1. The summed E-state index contributed by atoms with van der Waals surface area (Å²) in [6, 6.07) is 14.4. The number of hydrogen-bond donors (Lipinski definition) is 3. The Balaban J connectivity index is 1.78. The Labute approximate surface area is 155 Å². The first-order chi connectivity index (χ1) is 12.0. The zero-order valence-corrected chi connectivity index (χ0v) is 16.2. The first-order valence-corrected chi connectivity index (χ1v) is 9.67. The van der Waals surface area contributed by atoms with Crippen molar-refractivity contribution in [1.82, 2.24) is 16.0 Å². The van der Waals surface area contributed by atoms with E-state index >= 15 is 0 Å². The summed E-state index contributed by atoms with van der Waals surface area (Å²) in [5.74, 6) is 0.0354. The fraction of sp³-hybridized carbons (Fsp3) is 0.450. The van der Waals surface area contributed by atoms with E-state index in [4.69, 9.17) is 0 Å². The molecular weight excluding hydrogens is 330 g/mol. The van der Waals surface area contributed by atoms with Gasteiger partial charge in [0.2, 0.25) is 5.91 Å². The van der Waals surface area contributed by atoms with E-state index < -0.39 is 0 Å². The normalized spacial score (nSPS) is 12.8. The highest BCUT2D eigenvalue weighted by molar-refractivity contribution is 7.10. The molecule has 0 aliphatic carbocycles. The maximum absolute atomic E-state index is 12.1. The lowest BCUT2D eigenvalue weighted by Crippen LogP contribution is -2.39. The van der Waals surface area contributed by atoms with E-state index in [0.717, 1.165) is 13.0 Å². The van der Waals surface area contributed by atoms with Gasteiger partial charge in [-0.25, -0.2) is 0 Å². The molecule has 0 aliphatic heterocycles. The average molecular weight is 360 g/mol. The van der Waals surface area contributed by atoms with Crippen LogP contribution in [0.3, 0.4) is 0 Å². The van der Waals surface area contributed by atoms with Crippen molar-refractivity contribution in [2.45, 2.75) is 38.8 Å². The molecule has 0 aliphatic rings. The van der Waals surface area contributed by atoms with Crippen molar-refractivity contribution in [2.24, 2.45) is 0 Å². The molecule has 25 heavy (non-hydrogen) atoms. The van der Waals surface area contributed by atoms with Crippen molar-refractivity contribution in [3.63, 3.8) is 0 Å². The third-order valence-corrected chi connectivity index (χ3v) is 4.70. The predicted octanol–water partition coefficient (Wildman–Crippen LogP) is 3.32. The van der Waals surface area contributed by atoms with Crippen LogP contribution < -0.4 is 16.0 Å². The molecule has 5 heteroatoms. The van der Waals surface area contributed by atoms with Gasteiger partial charge in [0.15, 0.2) is 0 Å². The maximum atomic E-state index is 12.1. The van der Waals surface area contributed by atoms with Crippen LogP contribution in [-0.4, -0.2) is 31.1 Å². The fourth-order valence-electron chi connectivity index (χ4n) is 2.52. The maximum Gasteiger partial charge on any atom is 0.233 e. The number of thiophene rings is 1. The molecule has 0 bridgehead atoms. The van der Waals surface area contributed by atoms with Crippen molar-refractivity contribution in [3.8, 4) is 0 Å². The van der Waals surface area contributed by atoms with Crippen LogP contribution in [0.5, 0.6) is 0 Å². The molecule has 1 aromatic heterocycles. The van der Waals surface area contributed by atoms with Crippen molar-refractivity contribution in [3.05, 3.63) is 58.3 Å². The highest BCUT2D eigenvalue weighted by atomic mass is 32.1. The van der Waals surface area contributed by atoms with Crippen molar-refractivity contribution in [2.75, 3.05) is 19.6 Å². The Bertz CT molecular complexity index is 620. The van der Waals surface area contributed by atoms with E-state index in [9.17, 15) is 4.79 Å². The second kappa shape index (κ2) is 9.70. The predicted molar refractivity (Wildman–Crippen MR) is 106 cm³/mol. The summed E-state index contributed by atoms with van der Waals surface area (Å²) in [5.41, 5.74) is 1.29. The van der Waals surface area contributed by atoms with Gasteiger partial charge in [-0.1, -0.05) is 36.4 Å². The first kappa shape index (κ1) is 19.6. The molecule has 136 valence electrons. The van der Waals surface area contributed by atoms with Gasteiger partial charge < -0.3 is 10.6 Å². The molecule has 2 rings (SSSR count). The largest absolute Gasteiger partial charge is 0.355 e. The van der Waals surface area contributed by atoms with E-state index in [0.29, 0.717) is 13.1 Å². The second-order valence-electron chi connectivity index (χ2n) is 7.12. The minimum Gasteiger partial charge on any atom is -0.355 e. The average Bonchev–Trinajstić information content (AvgIpc) is 3.09. The lowest BCUT2D eigenvalue weighted by Gasteiger charge is -2.20. The summed E-state index contributed by atoms with van der Waals surface area (Å²) in [4.78, 5) is 13.3. The van der Waals surface area contributed by atoms with Crippen LogP contribution in [0.4, 0.5) is 0 Å². The molecule has 0 saturated carbocycles. The van der Waals surface area contributed by atoms with E-state index in [2.05, 4.69) is 60.3 Å². The molecule has 1 heterocycles. The molecule has 1 aromatic carbocycles. The first-order valence-electron chi connectivity index (χ1n) is 8.79. The van der Waals surface area contributed by atoms with E-state index in [-0.39, 0.29) is 17.5 Å². The van der Waals surface area contributed by atoms with Crippen LogP contribution in [0, 0.1) is 0 Å².